The number of guanidine groups is 1. The van der Waals surface area contributed by atoms with E-state index in [0.29, 0.717) is 56.5 Å². The fraction of sp³-hybridized carbons (Fsp3) is 0.444. The van der Waals surface area contributed by atoms with Crippen LogP contribution < -0.4 is 10.6 Å². The average molecular weight is 563 g/mol. The van der Waals surface area contributed by atoms with Crippen LogP contribution in [0.1, 0.15) is 16.1 Å². The Morgan fingerprint density at radius 1 is 1.19 bits per heavy atom. The lowest BCUT2D eigenvalue weighted by Crippen LogP contribution is -2.54. The number of carbonyl (C=O) groups excluding carboxylic acids is 1. The van der Waals surface area contributed by atoms with E-state index in [-0.39, 0.29) is 35.6 Å². The molecule has 0 radical (unpaired) electrons. The van der Waals surface area contributed by atoms with Gasteiger partial charge in [0.25, 0.3) is 5.91 Å². The number of amides is 1. The second-order valence-corrected chi connectivity index (χ2v) is 8.57. The molecule has 0 bridgehead atoms. The van der Waals surface area contributed by atoms with Crippen LogP contribution in [0.3, 0.4) is 0 Å². The van der Waals surface area contributed by atoms with Gasteiger partial charge >= 0.3 is 0 Å². The highest BCUT2D eigenvalue weighted by molar-refractivity contribution is 14.0. The number of hydrogen-bond donors (Lipinski definition) is 2. The van der Waals surface area contributed by atoms with Crippen molar-refractivity contribution in [2.45, 2.75) is 5.75 Å². The van der Waals surface area contributed by atoms with Crippen LogP contribution in [0.25, 0.3) is 0 Å². The van der Waals surface area contributed by atoms with Crippen LogP contribution in [0.2, 0.25) is 0 Å². The van der Waals surface area contributed by atoms with Crippen molar-refractivity contribution in [2.75, 3.05) is 46.3 Å². The van der Waals surface area contributed by atoms with Crippen molar-refractivity contribution in [1.29, 1.82) is 0 Å². The van der Waals surface area contributed by atoms with E-state index >= 15 is 0 Å². The zero-order chi connectivity index (χ0) is 21.4. The summed E-state index contributed by atoms with van der Waals surface area (Å²) in [4.78, 5) is 22.2. The Balaban J connectivity index is 0.00000341. The van der Waals surface area contributed by atoms with Gasteiger partial charge in [-0.05, 0) is 12.1 Å². The molecular weight excluding hydrogens is 537 g/mol. The molecule has 1 aliphatic rings. The van der Waals surface area contributed by atoms with E-state index in [1.165, 1.54) is 16.8 Å². The van der Waals surface area contributed by atoms with Gasteiger partial charge < -0.3 is 20.1 Å². The van der Waals surface area contributed by atoms with Gasteiger partial charge in [0.05, 0.1) is 11.3 Å². The van der Waals surface area contributed by atoms with Crippen LogP contribution in [0.4, 0.5) is 0 Å². The topological polar surface area (TPSA) is 133 Å². The number of nitrogens with zero attached hydrogens (tertiary/aromatic N) is 5. The van der Waals surface area contributed by atoms with E-state index in [0.717, 1.165) is 0 Å². The molecule has 0 saturated carbocycles. The number of pyridine rings is 1. The average Bonchev–Trinajstić information content (AvgIpc) is 3.27. The molecule has 2 N–H and O–H groups in total. The van der Waals surface area contributed by atoms with Crippen molar-refractivity contribution in [1.82, 2.24) is 30.0 Å². The van der Waals surface area contributed by atoms with Gasteiger partial charge in [-0.15, -0.1) is 24.0 Å². The number of piperazine rings is 1. The smallest absolute Gasteiger partial charge is 0.252 e. The zero-order valence-corrected chi connectivity index (χ0v) is 20.2. The molecule has 2 aromatic heterocycles. The first-order chi connectivity index (χ1) is 14.5. The number of carbonyl (C=O) groups is 1. The summed E-state index contributed by atoms with van der Waals surface area (Å²) in [6.07, 6.45) is 4.48. The first-order valence-electron chi connectivity index (χ1n) is 9.50. The van der Waals surface area contributed by atoms with E-state index in [4.69, 9.17) is 4.52 Å². The Bertz CT molecular complexity index is 947. The van der Waals surface area contributed by atoms with E-state index in [1.807, 2.05) is 4.90 Å². The second-order valence-electron chi connectivity index (χ2n) is 6.60. The third kappa shape index (κ3) is 7.14. The first kappa shape index (κ1) is 25.0. The van der Waals surface area contributed by atoms with Gasteiger partial charge in [0.15, 0.2) is 5.96 Å². The minimum absolute atomic E-state index is 0. The molecule has 31 heavy (non-hydrogen) atoms. The summed E-state index contributed by atoms with van der Waals surface area (Å²) in [5, 5.41) is 9.68. The van der Waals surface area contributed by atoms with E-state index in [1.54, 1.807) is 31.4 Å². The van der Waals surface area contributed by atoms with Gasteiger partial charge in [0.1, 0.15) is 12.0 Å². The minimum Gasteiger partial charge on any atom is -0.364 e. The predicted molar refractivity (Wildman–Crippen MR) is 126 cm³/mol. The van der Waals surface area contributed by atoms with Crippen molar-refractivity contribution < 1.29 is 17.7 Å². The predicted octanol–water partition coefficient (Wildman–Crippen LogP) is 0.140. The lowest BCUT2D eigenvalue weighted by Gasteiger charge is -2.35. The van der Waals surface area contributed by atoms with E-state index in [9.17, 15) is 13.2 Å². The van der Waals surface area contributed by atoms with Crippen molar-refractivity contribution in [2.24, 2.45) is 4.99 Å². The minimum atomic E-state index is -3.45. The van der Waals surface area contributed by atoms with Crippen LogP contribution in [0.5, 0.6) is 0 Å². The van der Waals surface area contributed by atoms with E-state index < -0.39 is 10.0 Å². The van der Waals surface area contributed by atoms with Gasteiger partial charge in [-0.25, -0.2) is 8.42 Å². The summed E-state index contributed by atoms with van der Waals surface area (Å²) >= 11 is 0. The molecule has 0 spiro atoms. The maximum absolute atomic E-state index is 12.5. The van der Waals surface area contributed by atoms with Gasteiger partial charge in [0, 0.05) is 64.8 Å². The van der Waals surface area contributed by atoms with Gasteiger partial charge in [-0.2, -0.15) is 4.31 Å². The Morgan fingerprint density at radius 2 is 1.94 bits per heavy atom. The first-order valence-corrected chi connectivity index (χ1v) is 11.1. The molecule has 2 aromatic rings. The van der Waals surface area contributed by atoms with Gasteiger partial charge in [-0.3, -0.25) is 14.8 Å². The second kappa shape index (κ2) is 12.0. The summed E-state index contributed by atoms with van der Waals surface area (Å²) in [7, 11) is -1.78. The number of hydrogen-bond acceptors (Lipinski definition) is 7. The van der Waals surface area contributed by atoms with E-state index in [2.05, 4.69) is 25.8 Å². The molecule has 0 unspecified atom stereocenters. The monoisotopic (exact) mass is 563 g/mol. The van der Waals surface area contributed by atoms with Crippen molar-refractivity contribution >= 4 is 45.9 Å². The lowest BCUT2D eigenvalue weighted by atomic mass is 10.3. The number of halogens is 1. The Labute approximate surface area is 198 Å². The van der Waals surface area contributed by atoms with Gasteiger partial charge in [0.2, 0.25) is 10.0 Å². The maximum Gasteiger partial charge on any atom is 0.252 e. The Kier molecular flexibility index (Phi) is 9.64. The molecule has 1 aliphatic heterocycles. The molecule has 13 heteroatoms. The van der Waals surface area contributed by atoms with Crippen molar-refractivity contribution in [3.8, 4) is 0 Å². The summed E-state index contributed by atoms with van der Waals surface area (Å²) < 4.78 is 31.2. The molecule has 0 aromatic carbocycles. The number of sulfonamides is 1. The molecule has 3 heterocycles. The molecular formula is C18H26IN7O4S. The quantitative estimate of drug-likeness (QED) is 0.211. The maximum atomic E-state index is 12.5. The van der Waals surface area contributed by atoms with Crippen LogP contribution in [0, 0.1) is 0 Å². The number of nitrogens with one attached hydrogen (secondary N) is 2. The fourth-order valence-corrected chi connectivity index (χ4v) is 4.47. The van der Waals surface area contributed by atoms with Crippen molar-refractivity contribution in [3.63, 3.8) is 0 Å². The van der Waals surface area contributed by atoms with Crippen LogP contribution >= 0.6 is 24.0 Å². The molecule has 0 atom stereocenters. The SMILES string of the molecule is CN=C(NCCNC(=O)c1cccnc1)N1CCN(S(=O)(=O)Cc2ccon2)CC1.I. The highest BCUT2D eigenvalue weighted by Crippen LogP contribution is 2.12. The van der Waals surface area contributed by atoms with Crippen LogP contribution in [-0.2, 0) is 15.8 Å². The zero-order valence-electron chi connectivity index (χ0n) is 17.1. The Hall–Kier alpha value is -2.26. The standard InChI is InChI=1S/C18H25N7O4S.HI/c1-19-18(22-7-6-21-17(26)15-3-2-5-20-13-15)24-8-10-25(11-9-24)30(27,28)14-16-4-12-29-23-16;/h2-5,12-13H,6-11,14H2,1H3,(H,19,22)(H,21,26);1H. The fourth-order valence-electron chi connectivity index (χ4n) is 3.05. The molecule has 170 valence electrons. The summed E-state index contributed by atoms with van der Waals surface area (Å²) in [6.45, 7) is 2.65. The summed E-state index contributed by atoms with van der Waals surface area (Å²) in [6, 6.07) is 4.96. The molecule has 0 aliphatic carbocycles. The molecule has 3 rings (SSSR count). The molecule has 1 amide bonds. The molecule has 11 nitrogen and oxygen atoms in total. The molecule has 1 saturated heterocycles. The summed E-state index contributed by atoms with van der Waals surface area (Å²) in [5.41, 5.74) is 0.896. The highest BCUT2D eigenvalue weighted by atomic mass is 127. The van der Waals surface area contributed by atoms with Gasteiger partial charge in [-0.1, -0.05) is 5.16 Å². The normalized spacial score (nSPS) is 15.3. The number of aliphatic imine (C=N–C) groups is 1. The number of rotatable bonds is 7. The third-order valence-electron chi connectivity index (χ3n) is 4.58. The lowest BCUT2D eigenvalue weighted by molar-refractivity contribution is 0.0954. The number of aromatic nitrogens is 2. The molecule has 1 fully saturated rings. The van der Waals surface area contributed by atoms with Crippen LogP contribution in [0.15, 0.2) is 46.4 Å². The third-order valence-corrected chi connectivity index (χ3v) is 6.39. The van der Waals surface area contributed by atoms with Crippen LogP contribution in [-0.4, -0.2) is 85.9 Å². The van der Waals surface area contributed by atoms with Crippen molar-refractivity contribution in [3.05, 3.63) is 48.1 Å². The Morgan fingerprint density at radius 3 is 2.55 bits per heavy atom. The largest absolute Gasteiger partial charge is 0.364 e. The highest BCUT2D eigenvalue weighted by Gasteiger charge is 2.28. The summed E-state index contributed by atoms with van der Waals surface area (Å²) in [5.74, 6) is 0.303.